The first kappa shape index (κ1) is 19.2. The molecule has 1 aliphatic carbocycles. The van der Waals surface area contributed by atoms with Crippen LogP contribution in [0.25, 0.3) is 0 Å². The second kappa shape index (κ2) is 8.81. The maximum absolute atomic E-state index is 11.7. The van der Waals surface area contributed by atoms with Crippen molar-refractivity contribution in [2.75, 3.05) is 13.2 Å². The molecule has 0 spiro atoms. The Morgan fingerprint density at radius 2 is 1.96 bits per heavy atom. The van der Waals surface area contributed by atoms with Gasteiger partial charge in [0.25, 0.3) is 0 Å². The zero-order valence-corrected chi connectivity index (χ0v) is 14.6. The van der Waals surface area contributed by atoms with E-state index >= 15 is 0 Å². The highest BCUT2D eigenvalue weighted by Gasteiger charge is 2.42. The highest BCUT2D eigenvalue weighted by Crippen LogP contribution is 2.46. The average molecular weight is 342 g/mol. The van der Waals surface area contributed by atoms with Crippen molar-refractivity contribution in [2.45, 2.75) is 58.7 Å². The van der Waals surface area contributed by atoms with Crippen LogP contribution < -0.4 is 0 Å². The largest absolute Gasteiger partial charge is 0.481 e. The van der Waals surface area contributed by atoms with Crippen LogP contribution in [0.15, 0.2) is 0 Å². The number of hydrogen-bond acceptors (Lipinski definition) is 5. The van der Waals surface area contributed by atoms with Crippen molar-refractivity contribution >= 4 is 11.9 Å². The minimum atomic E-state index is -1.19. The van der Waals surface area contributed by atoms with Crippen molar-refractivity contribution in [1.29, 1.82) is 0 Å². The molecule has 6 atom stereocenters. The third kappa shape index (κ3) is 4.93. The van der Waals surface area contributed by atoms with Crippen LogP contribution in [0.4, 0.5) is 0 Å². The van der Waals surface area contributed by atoms with E-state index in [1.165, 1.54) is 0 Å². The molecule has 138 valence electrons. The molecular weight excluding hydrogens is 312 g/mol. The highest BCUT2D eigenvalue weighted by atomic mass is 16.6. The number of carboxylic acid groups (broad SMARTS) is 1. The number of rotatable bonds is 6. The summed E-state index contributed by atoms with van der Waals surface area (Å²) in [7, 11) is 0. The first-order valence-corrected chi connectivity index (χ1v) is 9.07. The third-order valence-electron chi connectivity index (χ3n) is 5.84. The lowest BCUT2D eigenvalue weighted by Crippen LogP contribution is -2.42. The summed E-state index contributed by atoms with van der Waals surface area (Å²) in [4.78, 5) is 22.2. The van der Waals surface area contributed by atoms with Gasteiger partial charge in [-0.25, -0.2) is 0 Å². The number of carbonyl (C=O) groups is 2. The second-order valence-electron chi connectivity index (χ2n) is 7.40. The Labute approximate surface area is 143 Å². The first-order chi connectivity index (χ1) is 11.4. The summed E-state index contributed by atoms with van der Waals surface area (Å²) in [6.07, 6.45) is 2.68. The number of fused-ring (bicyclic) bond motifs is 1. The summed E-state index contributed by atoms with van der Waals surface area (Å²) in [5.74, 6) is 0.0218. The Morgan fingerprint density at radius 3 is 2.67 bits per heavy atom. The zero-order chi connectivity index (χ0) is 17.7. The standard InChI is InChI=1S/C18H30O6/c1-11-5-6-14(15-10-23-9-3-4-13(11)15)12(2)18(22)24-17(21)8-7-16(19)20/h11-15,18,22H,3-10H2,1-2H3,(H,19,20)/t11?,12-,13+,14+,15?,18+/m1/s1. The fraction of sp³-hybridized carbons (Fsp3) is 0.889. The van der Waals surface area contributed by atoms with Gasteiger partial charge in [0.05, 0.1) is 12.8 Å². The van der Waals surface area contributed by atoms with Crippen LogP contribution in [-0.4, -0.2) is 41.7 Å². The van der Waals surface area contributed by atoms with E-state index in [9.17, 15) is 14.7 Å². The number of hydrogen-bond donors (Lipinski definition) is 2. The smallest absolute Gasteiger partial charge is 0.308 e. The van der Waals surface area contributed by atoms with Crippen LogP contribution in [0.3, 0.4) is 0 Å². The minimum absolute atomic E-state index is 0.180. The Balaban J connectivity index is 1.95. The molecule has 24 heavy (non-hydrogen) atoms. The summed E-state index contributed by atoms with van der Waals surface area (Å²) in [6.45, 7) is 5.72. The van der Waals surface area contributed by atoms with Crippen LogP contribution in [-0.2, 0) is 19.1 Å². The van der Waals surface area contributed by atoms with Crippen molar-refractivity contribution in [3.8, 4) is 0 Å². The van der Waals surface area contributed by atoms with E-state index in [1.807, 2.05) is 6.92 Å². The van der Waals surface area contributed by atoms with Crippen molar-refractivity contribution < 1.29 is 29.3 Å². The molecule has 0 bridgehead atoms. The molecule has 0 radical (unpaired) electrons. The SMILES string of the molecule is CC1CC[C@@H]([C@@H](C)[C@@H](O)OC(=O)CCC(=O)O)C2COCCC[C@@H]12. The van der Waals surface area contributed by atoms with E-state index in [0.717, 1.165) is 32.3 Å². The monoisotopic (exact) mass is 342 g/mol. The molecule has 2 aliphatic rings. The van der Waals surface area contributed by atoms with Crippen molar-refractivity contribution in [3.63, 3.8) is 0 Å². The number of aliphatic carboxylic acids is 1. The lowest BCUT2D eigenvalue weighted by atomic mass is 9.63. The van der Waals surface area contributed by atoms with Crippen molar-refractivity contribution in [3.05, 3.63) is 0 Å². The van der Waals surface area contributed by atoms with Crippen molar-refractivity contribution in [2.24, 2.45) is 29.6 Å². The molecule has 1 saturated heterocycles. The van der Waals surface area contributed by atoms with Gasteiger partial charge in [0.15, 0.2) is 0 Å². The Kier molecular flexibility index (Phi) is 7.04. The molecule has 1 heterocycles. The van der Waals surface area contributed by atoms with E-state index in [2.05, 4.69) is 6.92 Å². The van der Waals surface area contributed by atoms with Gasteiger partial charge in [-0.3, -0.25) is 9.59 Å². The lowest BCUT2D eigenvalue weighted by molar-refractivity contribution is -0.185. The summed E-state index contributed by atoms with van der Waals surface area (Å²) in [6, 6.07) is 0. The molecular formula is C18H30O6. The van der Waals surface area contributed by atoms with Crippen LogP contribution in [0.1, 0.15) is 52.4 Å². The Bertz CT molecular complexity index is 437. The highest BCUT2D eigenvalue weighted by molar-refractivity contribution is 5.76. The lowest BCUT2D eigenvalue weighted by Gasteiger charge is -2.44. The number of aliphatic hydroxyl groups is 1. The molecule has 2 fully saturated rings. The maximum atomic E-state index is 11.7. The minimum Gasteiger partial charge on any atom is -0.481 e. The van der Waals surface area contributed by atoms with Gasteiger partial charge in [0.2, 0.25) is 6.29 Å². The molecule has 1 aliphatic heterocycles. The number of aliphatic hydroxyl groups excluding tert-OH is 1. The molecule has 0 amide bonds. The van der Waals surface area contributed by atoms with Gasteiger partial charge in [0, 0.05) is 19.1 Å². The Morgan fingerprint density at radius 1 is 1.21 bits per heavy atom. The molecule has 6 nitrogen and oxygen atoms in total. The molecule has 0 aromatic heterocycles. The molecule has 1 saturated carbocycles. The van der Waals surface area contributed by atoms with E-state index in [1.54, 1.807) is 0 Å². The fourth-order valence-electron chi connectivity index (χ4n) is 4.38. The number of esters is 1. The van der Waals surface area contributed by atoms with Gasteiger partial charge in [-0.2, -0.15) is 0 Å². The van der Waals surface area contributed by atoms with E-state index in [0.29, 0.717) is 24.4 Å². The number of carbonyl (C=O) groups excluding carboxylic acids is 1. The van der Waals surface area contributed by atoms with Crippen LogP contribution in [0.5, 0.6) is 0 Å². The quantitative estimate of drug-likeness (QED) is 0.569. The average Bonchev–Trinajstić information content (AvgIpc) is 2.79. The molecule has 0 aromatic carbocycles. The predicted octanol–water partition coefficient (Wildman–Crippen LogP) is 2.44. The molecule has 0 aromatic rings. The van der Waals surface area contributed by atoms with Gasteiger partial charge in [-0.15, -0.1) is 0 Å². The van der Waals surface area contributed by atoms with Gasteiger partial charge in [-0.05, 0) is 42.9 Å². The van der Waals surface area contributed by atoms with Crippen LogP contribution in [0.2, 0.25) is 0 Å². The van der Waals surface area contributed by atoms with Gasteiger partial charge in [0.1, 0.15) is 0 Å². The van der Waals surface area contributed by atoms with Gasteiger partial charge < -0.3 is 19.7 Å². The summed E-state index contributed by atoms with van der Waals surface area (Å²) < 4.78 is 10.8. The zero-order valence-electron chi connectivity index (χ0n) is 14.6. The predicted molar refractivity (Wildman–Crippen MR) is 87.1 cm³/mol. The summed E-state index contributed by atoms with van der Waals surface area (Å²) in [5.41, 5.74) is 0. The molecule has 2 N–H and O–H groups in total. The maximum Gasteiger partial charge on any atom is 0.308 e. The van der Waals surface area contributed by atoms with E-state index < -0.39 is 18.2 Å². The van der Waals surface area contributed by atoms with Crippen LogP contribution in [0, 0.1) is 29.6 Å². The normalized spacial score (nSPS) is 33.0. The summed E-state index contributed by atoms with van der Waals surface area (Å²) >= 11 is 0. The third-order valence-corrected chi connectivity index (χ3v) is 5.84. The van der Waals surface area contributed by atoms with E-state index in [4.69, 9.17) is 14.6 Å². The Hall–Kier alpha value is -1.14. The topological polar surface area (TPSA) is 93.1 Å². The number of ether oxygens (including phenoxy) is 2. The second-order valence-corrected chi connectivity index (χ2v) is 7.40. The molecule has 6 heteroatoms. The summed E-state index contributed by atoms with van der Waals surface area (Å²) in [5, 5.41) is 18.9. The van der Waals surface area contributed by atoms with E-state index in [-0.39, 0.29) is 24.7 Å². The van der Waals surface area contributed by atoms with Crippen molar-refractivity contribution in [1.82, 2.24) is 0 Å². The molecule has 2 rings (SSSR count). The number of carboxylic acids is 1. The van der Waals surface area contributed by atoms with Crippen LogP contribution >= 0.6 is 0 Å². The first-order valence-electron chi connectivity index (χ1n) is 9.07. The molecule has 2 unspecified atom stereocenters. The van der Waals surface area contributed by atoms with Gasteiger partial charge in [-0.1, -0.05) is 20.3 Å². The van der Waals surface area contributed by atoms with Gasteiger partial charge >= 0.3 is 11.9 Å². The fourth-order valence-corrected chi connectivity index (χ4v) is 4.38.